The number of imide groups is 1. The molecule has 2 amide bonds. The molecule has 0 bridgehead atoms. The highest BCUT2D eigenvalue weighted by Gasteiger charge is 2.37. The number of alkyl halides is 2. The zero-order valence-corrected chi connectivity index (χ0v) is 11.1. The molecular formula is C14H13F2NO4. The van der Waals surface area contributed by atoms with Crippen LogP contribution in [0.4, 0.5) is 8.78 Å². The minimum absolute atomic E-state index is 0.0433. The second-order valence-corrected chi connectivity index (χ2v) is 4.71. The summed E-state index contributed by atoms with van der Waals surface area (Å²) >= 11 is 0. The smallest absolute Gasteiger partial charge is 0.321 e. The summed E-state index contributed by atoms with van der Waals surface area (Å²) in [6, 6.07) is 6.27. The molecule has 1 aliphatic heterocycles. The van der Waals surface area contributed by atoms with Crippen LogP contribution in [0, 0.1) is 0 Å². The second kappa shape index (κ2) is 5.99. The number of hydrogen-bond acceptors (Lipinski definition) is 4. The van der Waals surface area contributed by atoms with Gasteiger partial charge in [-0.2, -0.15) is 0 Å². The largest absolute Gasteiger partial charge is 0.333 e. The highest BCUT2D eigenvalue weighted by Crippen LogP contribution is 2.33. The van der Waals surface area contributed by atoms with Crippen molar-refractivity contribution in [2.75, 3.05) is 0 Å². The molecule has 2 aliphatic rings. The topological polar surface area (TPSA) is 63.7 Å². The first-order valence-corrected chi connectivity index (χ1v) is 6.42. The van der Waals surface area contributed by atoms with Crippen molar-refractivity contribution in [3.63, 3.8) is 0 Å². The molecule has 3 rings (SSSR count). The van der Waals surface area contributed by atoms with Gasteiger partial charge in [-0.1, -0.05) is 17.2 Å². The van der Waals surface area contributed by atoms with Gasteiger partial charge in [0.1, 0.15) is 0 Å². The van der Waals surface area contributed by atoms with Crippen molar-refractivity contribution in [3.05, 3.63) is 35.4 Å². The summed E-state index contributed by atoms with van der Waals surface area (Å²) in [5.41, 5.74) is 0.499. The summed E-state index contributed by atoms with van der Waals surface area (Å²) in [5, 5.41) is 0.442. The lowest BCUT2D eigenvalue weighted by Gasteiger charge is -2.07. The van der Waals surface area contributed by atoms with E-state index >= 15 is 0 Å². The van der Waals surface area contributed by atoms with Gasteiger partial charge in [-0.15, -0.1) is 0 Å². The standard InChI is InChI=1S/C9H5NO4.C5H8F2/c11-5-14-10-8(12)6-3-1-2-4-7(6)9(10)13;6-5(7)3-1-2-4-5/h1-5H;1-4H2. The Kier molecular flexibility index (Phi) is 4.30. The molecule has 0 unspecified atom stereocenters. The molecule has 0 N–H and O–H groups in total. The maximum Gasteiger partial charge on any atom is 0.321 e. The Morgan fingerprint density at radius 3 is 1.86 bits per heavy atom. The van der Waals surface area contributed by atoms with Crippen LogP contribution in [0.3, 0.4) is 0 Å². The molecule has 5 nitrogen and oxygen atoms in total. The molecule has 0 aromatic heterocycles. The molecule has 0 spiro atoms. The van der Waals surface area contributed by atoms with Crippen LogP contribution in [-0.2, 0) is 9.63 Å². The van der Waals surface area contributed by atoms with Crippen molar-refractivity contribution in [1.82, 2.24) is 5.06 Å². The number of fused-ring (bicyclic) bond motifs is 1. The number of halogens is 2. The van der Waals surface area contributed by atoms with Gasteiger partial charge in [0.05, 0.1) is 11.1 Å². The van der Waals surface area contributed by atoms with Crippen LogP contribution in [0.5, 0.6) is 0 Å². The first-order chi connectivity index (χ1) is 9.96. The normalized spacial score (nSPS) is 18.9. The highest BCUT2D eigenvalue weighted by molar-refractivity contribution is 6.20. The van der Waals surface area contributed by atoms with Gasteiger partial charge in [0.2, 0.25) is 5.92 Å². The third-order valence-electron chi connectivity index (χ3n) is 3.24. The maximum absolute atomic E-state index is 11.9. The van der Waals surface area contributed by atoms with E-state index in [1.807, 2.05) is 0 Å². The van der Waals surface area contributed by atoms with E-state index in [9.17, 15) is 23.2 Å². The van der Waals surface area contributed by atoms with Crippen molar-refractivity contribution in [2.45, 2.75) is 31.6 Å². The number of amides is 2. The minimum atomic E-state index is -2.31. The number of hydroxylamine groups is 2. The van der Waals surface area contributed by atoms with Gasteiger partial charge in [0.15, 0.2) is 0 Å². The fourth-order valence-electron chi connectivity index (χ4n) is 2.20. The molecule has 1 aromatic carbocycles. The van der Waals surface area contributed by atoms with Gasteiger partial charge >= 0.3 is 6.47 Å². The first-order valence-electron chi connectivity index (χ1n) is 6.42. The van der Waals surface area contributed by atoms with E-state index in [4.69, 9.17) is 0 Å². The Morgan fingerprint density at radius 1 is 1.05 bits per heavy atom. The lowest BCUT2D eigenvalue weighted by atomic mass is 10.1. The summed E-state index contributed by atoms with van der Waals surface area (Å²) in [6.07, 6.45) is 1.67. The molecule has 21 heavy (non-hydrogen) atoms. The predicted octanol–water partition coefficient (Wildman–Crippen LogP) is 2.57. The molecule has 1 fully saturated rings. The van der Waals surface area contributed by atoms with Crippen LogP contribution in [0.15, 0.2) is 24.3 Å². The maximum atomic E-state index is 11.9. The second-order valence-electron chi connectivity index (χ2n) is 4.71. The number of nitrogens with zero attached hydrogens (tertiary/aromatic N) is 1. The molecule has 0 saturated heterocycles. The van der Waals surface area contributed by atoms with Crippen molar-refractivity contribution < 1.29 is 28.0 Å². The van der Waals surface area contributed by atoms with Gasteiger partial charge in [0, 0.05) is 12.8 Å². The first kappa shape index (κ1) is 15.1. The number of rotatable bonds is 2. The van der Waals surface area contributed by atoms with Gasteiger partial charge in [0.25, 0.3) is 11.8 Å². The van der Waals surface area contributed by atoms with E-state index in [2.05, 4.69) is 4.84 Å². The number of carbonyl (C=O) groups excluding carboxylic acids is 3. The zero-order chi connectivity index (χ0) is 15.5. The average Bonchev–Trinajstić information content (AvgIpc) is 2.97. The molecule has 1 aliphatic carbocycles. The number of benzene rings is 1. The Labute approximate surface area is 119 Å². The molecule has 1 saturated carbocycles. The molecule has 112 valence electrons. The quantitative estimate of drug-likeness (QED) is 0.621. The minimum Gasteiger partial charge on any atom is -0.333 e. The summed E-state index contributed by atoms with van der Waals surface area (Å²) in [7, 11) is 0. The monoisotopic (exact) mass is 297 g/mol. The van der Waals surface area contributed by atoms with Crippen LogP contribution < -0.4 is 0 Å². The van der Waals surface area contributed by atoms with Gasteiger partial charge in [-0.25, -0.2) is 8.78 Å². The fraction of sp³-hybridized carbons (Fsp3) is 0.357. The van der Waals surface area contributed by atoms with E-state index < -0.39 is 17.7 Å². The molecule has 0 atom stereocenters. The Hall–Kier alpha value is -2.31. The predicted molar refractivity (Wildman–Crippen MR) is 67.5 cm³/mol. The van der Waals surface area contributed by atoms with Crippen molar-refractivity contribution in [1.29, 1.82) is 0 Å². The van der Waals surface area contributed by atoms with E-state index in [-0.39, 0.29) is 30.4 Å². The Balaban J connectivity index is 0.000000194. The zero-order valence-electron chi connectivity index (χ0n) is 11.1. The van der Waals surface area contributed by atoms with Crippen LogP contribution in [0.25, 0.3) is 0 Å². The Bertz CT molecular complexity index is 531. The van der Waals surface area contributed by atoms with Crippen LogP contribution >= 0.6 is 0 Å². The van der Waals surface area contributed by atoms with Crippen LogP contribution in [0.2, 0.25) is 0 Å². The SMILES string of the molecule is FC1(F)CCCC1.O=CON1C(=O)c2ccccc2C1=O. The van der Waals surface area contributed by atoms with Crippen molar-refractivity contribution in [3.8, 4) is 0 Å². The van der Waals surface area contributed by atoms with E-state index in [1.54, 1.807) is 12.1 Å². The van der Waals surface area contributed by atoms with Gasteiger partial charge in [-0.3, -0.25) is 14.4 Å². The molecule has 7 heteroatoms. The average molecular weight is 297 g/mol. The third kappa shape index (κ3) is 3.24. The van der Waals surface area contributed by atoms with Gasteiger partial charge < -0.3 is 4.84 Å². The number of hydrogen-bond donors (Lipinski definition) is 0. The Morgan fingerprint density at radius 2 is 1.52 bits per heavy atom. The summed E-state index contributed by atoms with van der Waals surface area (Å²) < 4.78 is 23.9. The van der Waals surface area contributed by atoms with Crippen LogP contribution in [0.1, 0.15) is 46.4 Å². The van der Waals surface area contributed by atoms with E-state index in [1.165, 1.54) is 12.1 Å². The number of carbonyl (C=O) groups is 3. The lowest BCUT2D eigenvalue weighted by Crippen LogP contribution is -2.29. The highest BCUT2D eigenvalue weighted by atomic mass is 19.3. The van der Waals surface area contributed by atoms with Crippen LogP contribution in [-0.4, -0.2) is 29.3 Å². The molecule has 1 aromatic rings. The summed E-state index contributed by atoms with van der Waals surface area (Å²) in [5.74, 6) is -3.53. The lowest BCUT2D eigenvalue weighted by molar-refractivity contribution is -0.151. The molecular weight excluding hydrogens is 284 g/mol. The van der Waals surface area contributed by atoms with Crippen molar-refractivity contribution >= 4 is 18.3 Å². The van der Waals surface area contributed by atoms with E-state index in [0.717, 1.165) is 0 Å². The molecule has 1 heterocycles. The molecule has 0 radical (unpaired) electrons. The van der Waals surface area contributed by atoms with Gasteiger partial charge in [-0.05, 0) is 25.0 Å². The summed E-state index contributed by atoms with van der Waals surface area (Å²) in [6.45, 7) is 0.0433. The summed E-state index contributed by atoms with van der Waals surface area (Å²) in [4.78, 5) is 37.1. The third-order valence-corrected chi connectivity index (χ3v) is 3.24. The fourth-order valence-corrected chi connectivity index (χ4v) is 2.20. The van der Waals surface area contributed by atoms with E-state index in [0.29, 0.717) is 17.9 Å². The van der Waals surface area contributed by atoms with Crippen molar-refractivity contribution in [2.24, 2.45) is 0 Å².